The summed E-state index contributed by atoms with van der Waals surface area (Å²) in [7, 11) is 1.71. The van der Waals surface area contributed by atoms with Gasteiger partial charge in [0.2, 0.25) is 0 Å². The average molecular weight is 224 g/mol. The van der Waals surface area contributed by atoms with Crippen molar-refractivity contribution in [3.8, 4) is 0 Å². The van der Waals surface area contributed by atoms with Crippen molar-refractivity contribution in [1.29, 1.82) is 0 Å². The van der Waals surface area contributed by atoms with Gasteiger partial charge in [-0.15, -0.1) is 0 Å². The molecule has 0 aliphatic heterocycles. The number of nitrogens with zero attached hydrogens (tertiary/aromatic N) is 1. The Balaban J connectivity index is 2.92. The first kappa shape index (κ1) is 12.5. The van der Waals surface area contributed by atoms with Crippen LogP contribution in [0.2, 0.25) is 0 Å². The Morgan fingerprint density at radius 1 is 1.56 bits per heavy atom. The van der Waals surface area contributed by atoms with E-state index in [0.717, 1.165) is 6.42 Å². The molecule has 4 heteroatoms. The molecule has 2 N–H and O–H groups in total. The smallest absolute Gasteiger partial charge is 0.253 e. The van der Waals surface area contributed by atoms with Crippen LogP contribution >= 0.6 is 0 Å². The highest BCUT2D eigenvalue weighted by Crippen LogP contribution is 2.14. The Hall–Kier alpha value is -1.58. The summed E-state index contributed by atoms with van der Waals surface area (Å²) in [6.45, 7) is 3.95. The van der Waals surface area contributed by atoms with E-state index in [1.807, 2.05) is 13.8 Å². The number of carbonyl (C=O) groups is 1. The second-order valence-corrected chi connectivity index (χ2v) is 3.91. The normalized spacial score (nSPS) is 12.2. The van der Waals surface area contributed by atoms with Crippen LogP contribution in [0, 0.1) is 5.82 Å². The quantitative estimate of drug-likeness (QED) is 0.801. The molecule has 16 heavy (non-hydrogen) atoms. The molecule has 0 aliphatic carbocycles. The number of anilines is 1. The van der Waals surface area contributed by atoms with Crippen LogP contribution in [0.25, 0.3) is 0 Å². The second kappa shape index (κ2) is 4.96. The molecule has 1 aromatic carbocycles. The Labute approximate surface area is 95.0 Å². The number of nitrogen functional groups attached to an aromatic ring is 1. The van der Waals surface area contributed by atoms with Crippen LogP contribution in [-0.4, -0.2) is 23.9 Å². The first-order chi connectivity index (χ1) is 7.47. The highest BCUT2D eigenvalue weighted by atomic mass is 19.1. The number of carbonyl (C=O) groups excluding carboxylic acids is 1. The minimum absolute atomic E-state index is 0.0581. The van der Waals surface area contributed by atoms with Gasteiger partial charge >= 0.3 is 0 Å². The summed E-state index contributed by atoms with van der Waals surface area (Å²) in [5.74, 6) is -0.739. The fourth-order valence-corrected chi connectivity index (χ4v) is 1.34. The van der Waals surface area contributed by atoms with E-state index in [1.165, 1.54) is 12.1 Å². The maximum atomic E-state index is 13.2. The van der Waals surface area contributed by atoms with Gasteiger partial charge in [0.15, 0.2) is 0 Å². The van der Waals surface area contributed by atoms with E-state index in [9.17, 15) is 9.18 Å². The third-order valence-electron chi connectivity index (χ3n) is 2.82. The highest BCUT2D eigenvalue weighted by molar-refractivity contribution is 5.94. The minimum Gasteiger partial charge on any atom is -0.396 e. The van der Waals surface area contributed by atoms with Crippen molar-refractivity contribution >= 4 is 11.6 Å². The van der Waals surface area contributed by atoms with E-state index in [1.54, 1.807) is 18.0 Å². The Bertz CT molecular complexity index is 393. The maximum absolute atomic E-state index is 13.2. The van der Waals surface area contributed by atoms with Crippen LogP contribution in [0.15, 0.2) is 18.2 Å². The molecule has 1 unspecified atom stereocenters. The number of nitrogens with two attached hydrogens (primary N) is 1. The lowest BCUT2D eigenvalue weighted by Crippen LogP contribution is -2.34. The van der Waals surface area contributed by atoms with Crippen molar-refractivity contribution in [1.82, 2.24) is 4.90 Å². The highest BCUT2D eigenvalue weighted by Gasteiger charge is 2.16. The first-order valence-corrected chi connectivity index (χ1v) is 5.29. The summed E-state index contributed by atoms with van der Waals surface area (Å²) in [5.41, 5.74) is 5.74. The van der Waals surface area contributed by atoms with Gasteiger partial charge < -0.3 is 10.6 Å². The lowest BCUT2D eigenvalue weighted by atomic mass is 10.1. The first-order valence-electron chi connectivity index (χ1n) is 5.29. The van der Waals surface area contributed by atoms with Gasteiger partial charge in [-0.1, -0.05) is 6.92 Å². The second-order valence-electron chi connectivity index (χ2n) is 3.91. The number of hydrogen-bond acceptors (Lipinski definition) is 2. The number of rotatable bonds is 3. The van der Waals surface area contributed by atoms with Gasteiger partial charge in [0.1, 0.15) is 5.82 Å². The summed E-state index contributed by atoms with van der Waals surface area (Å²) in [6, 6.07) is 4.26. The van der Waals surface area contributed by atoms with Gasteiger partial charge in [-0.05, 0) is 31.5 Å². The molecule has 0 aliphatic rings. The third-order valence-corrected chi connectivity index (χ3v) is 2.82. The molecule has 1 amide bonds. The minimum atomic E-state index is -0.552. The van der Waals surface area contributed by atoms with Crippen LogP contribution in [0.3, 0.4) is 0 Å². The standard InChI is InChI=1S/C12H17FN2O/c1-4-8(2)15(3)12(16)9-5-6-11(14)10(13)7-9/h5-8H,4,14H2,1-3H3. The molecule has 0 spiro atoms. The Morgan fingerprint density at radius 2 is 2.19 bits per heavy atom. The molecule has 1 atom stereocenters. The summed E-state index contributed by atoms with van der Waals surface area (Å²) in [6.07, 6.45) is 0.861. The monoisotopic (exact) mass is 224 g/mol. The van der Waals surface area contributed by atoms with Crippen LogP contribution in [0.5, 0.6) is 0 Å². The molecule has 0 saturated heterocycles. The summed E-state index contributed by atoms with van der Waals surface area (Å²) in [4.78, 5) is 13.5. The SMILES string of the molecule is CCC(C)N(C)C(=O)c1ccc(N)c(F)c1. The third kappa shape index (κ3) is 2.51. The van der Waals surface area contributed by atoms with Crippen LogP contribution < -0.4 is 5.73 Å². The van der Waals surface area contributed by atoms with Gasteiger partial charge in [0, 0.05) is 18.7 Å². The fourth-order valence-electron chi connectivity index (χ4n) is 1.34. The fraction of sp³-hybridized carbons (Fsp3) is 0.417. The molecule has 0 fully saturated rings. The summed E-state index contributed by atoms with van der Waals surface area (Å²) < 4.78 is 13.2. The zero-order valence-electron chi connectivity index (χ0n) is 9.83. The van der Waals surface area contributed by atoms with E-state index in [2.05, 4.69) is 0 Å². The average Bonchev–Trinajstić information content (AvgIpc) is 2.29. The molecule has 88 valence electrons. The Kier molecular flexibility index (Phi) is 3.88. The molecular weight excluding hydrogens is 207 g/mol. The summed E-state index contributed by atoms with van der Waals surface area (Å²) >= 11 is 0. The van der Waals surface area contributed by atoms with Crippen molar-refractivity contribution in [2.45, 2.75) is 26.3 Å². The number of halogens is 1. The van der Waals surface area contributed by atoms with Crippen molar-refractivity contribution < 1.29 is 9.18 Å². The van der Waals surface area contributed by atoms with Crippen LogP contribution in [0.4, 0.5) is 10.1 Å². The molecule has 0 heterocycles. The van der Waals surface area contributed by atoms with Gasteiger partial charge in [0.05, 0.1) is 5.69 Å². The molecular formula is C12H17FN2O. The molecule has 1 aromatic rings. The van der Waals surface area contributed by atoms with E-state index in [0.29, 0.717) is 5.56 Å². The topological polar surface area (TPSA) is 46.3 Å². The van der Waals surface area contributed by atoms with E-state index >= 15 is 0 Å². The van der Waals surface area contributed by atoms with Gasteiger partial charge in [-0.2, -0.15) is 0 Å². The number of amides is 1. The predicted molar refractivity (Wildman–Crippen MR) is 62.7 cm³/mol. The maximum Gasteiger partial charge on any atom is 0.253 e. The van der Waals surface area contributed by atoms with Crippen molar-refractivity contribution in [2.75, 3.05) is 12.8 Å². The van der Waals surface area contributed by atoms with E-state index in [4.69, 9.17) is 5.73 Å². The zero-order chi connectivity index (χ0) is 12.3. The molecule has 1 rings (SSSR count). The van der Waals surface area contributed by atoms with Crippen molar-refractivity contribution in [3.63, 3.8) is 0 Å². The van der Waals surface area contributed by atoms with Gasteiger partial charge in [0.25, 0.3) is 5.91 Å². The predicted octanol–water partition coefficient (Wildman–Crippen LogP) is 2.28. The Morgan fingerprint density at radius 3 is 2.69 bits per heavy atom. The lowest BCUT2D eigenvalue weighted by molar-refractivity contribution is 0.0740. The van der Waals surface area contributed by atoms with Gasteiger partial charge in [-0.25, -0.2) is 4.39 Å². The molecule has 3 nitrogen and oxygen atoms in total. The summed E-state index contributed by atoms with van der Waals surface area (Å²) in [5, 5.41) is 0. The lowest BCUT2D eigenvalue weighted by Gasteiger charge is -2.23. The van der Waals surface area contributed by atoms with Crippen molar-refractivity contribution in [2.24, 2.45) is 0 Å². The zero-order valence-corrected chi connectivity index (χ0v) is 9.83. The van der Waals surface area contributed by atoms with Gasteiger partial charge in [-0.3, -0.25) is 4.79 Å². The molecule has 0 bridgehead atoms. The molecule has 0 aromatic heterocycles. The van der Waals surface area contributed by atoms with E-state index < -0.39 is 5.82 Å². The molecule has 0 saturated carbocycles. The number of benzene rings is 1. The van der Waals surface area contributed by atoms with Crippen LogP contribution in [-0.2, 0) is 0 Å². The van der Waals surface area contributed by atoms with Crippen molar-refractivity contribution in [3.05, 3.63) is 29.6 Å². The number of hydrogen-bond donors (Lipinski definition) is 1. The largest absolute Gasteiger partial charge is 0.396 e. The van der Waals surface area contributed by atoms with E-state index in [-0.39, 0.29) is 17.6 Å². The molecule has 0 radical (unpaired) electrons. The van der Waals surface area contributed by atoms with Crippen LogP contribution in [0.1, 0.15) is 30.6 Å².